The zero-order valence-corrected chi connectivity index (χ0v) is 19.5. The number of nitrogens with one attached hydrogen (secondary N) is 1. The second-order valence-corrected chi connectivity index (χ2v) is 10.1. The Morgan fingerprint density at radius 2 is 2.06 bits per heavy atom. The molecule has 0 spiro atoms. The number of aromatic nitrogens is 5. The van der Waals surface area contributed by atoms with Gasteiger partial charge in [-0.05, 0) is 33.6 Å². The van der Waals surface area contributed by atoms with E-state index in [4.69, 9.17) is 20.9 Å². The van der Waals surface area contributed by atoms with Gasteiger partial charge in [0.25, 0.3) is 13.4 Å². The highest BCUT2D eigenvalue weighted by Crippen LogP contribution is 2.50. The number of hydrogen-bond acceptors (Lipinski definition) is 9. The standard InChI is InChI=1S/C18H14BrClN5O7P/c19-17-22-11-14(25(17)16-12(26)13-10(31-16)6-30-33(28,29)32-13)23-18-21-9(5-24(18)15(11)27)7-1-3-8(20)4-2-7/h1-5,10,12-13,16,26H,6H2,(H,21,23)(H,28,29)/p-1/t10?,12?,13-,16-/m1/s1. The first-order chi connectivity index (χ1) is 15.7. The summed E-state index contributed by atoms with van der Waals surface area (Å²) in [7, 11) is -4.54. The number of ether oxygens (including phenoxy) is 1. The second-order valence-electron chi connectivity index (χ2n) is 7.58. The lowest BCUT2D eigenvalue weighted by Crippen LogP contribution is -2.41. The summed E-state index contributed by atoms with van der Waals surface area (Å²) >= 11 is 9.23. The zero-order valence-electron chi connectivity index (χ0n) is 16.3. The van der Waals surface area contributed by atoms with E-state index in [0.29, 0.717) is 10.7 Å². The summed E-state index contributed by atoms with van der Waals surface area (Å²) in [5.41, 5.74) is 1.14. The molecule has 33 heavy (non-hydrogen) atoms. The average molecular weight is 558 g/mol. The van der Waals surface area contributed by atoms with Gasteiger partial charge >= 0.3 is 0 Å². The number of phosphoric acid groups is 1. The number of aromatic amines is 1. The molecule has 0 aliphatic carbocycles. The van der Waals surface area contributed by atoms with E-state index >= 15 is 0 Å². The molecule has 0 amide bonds. The first-order valence-electron chi connectivity index (χ1n) is 9.64. The third kappa shape index (κ3) is 3.39. The van der Waals surface area contributed by atoms with E-state index < -0.39 is 37.9 Å². The van der Waals surface area contributed by atoms with Crippen LogP contribution in [0.25, 0.3) is 28.2 Å². The average Bonchev–Trinajstić information content (AvgIpc) is 3.43. The highest BCUT2D eigenvalue weighted by molar-refractivity contribution is 9.10. The van der Waals surface area contributed by atoms with E-state index in [0.717, 1.165) is 5.56 Å². The fourth-order valence-electron chi connectivity index (χ4n) is 4.05. The quantitative estimate of drug-likeness (QED) is 0.276. The van der Waals surface area contributed by atoms with E-state index in [1.165, 1.54) is 8.97 Å². The zero-order chi connectivity index (χ0) is 23.1. The van der Waals surface area contributed by atoms with Crippen LogP contribution >= 0.6 is 35.4 Å². The molecule has 0 saturated carbocycles. The number of imidazole rings is 2. The molecule has 0 bridgehead atoms. The largest absolute Gasteiger partial charge is 0.756 e. The van der Waals surface area contributed by atoms with E-state index in [9.17, 15) is 19.4 Å². The maximum absolute atomic E-state index is 13.1. The molecule has 4 aromatic rings. The number of halogens is 2. The first-order valence-corrected chi connectivity index (χ1v) is 12.3. The molecule has 15 heteroatoms. The lowest BCUT2D eigenvalue weighted by molar-refractivity contribution is -0.245. The molecule has 2 saturated heterocycles. The molecule has 1 aromatic carbocycles. The summed E-state index contributed by atoms with van der Waals surface area (Å²) in [6, 6.07) is 7.06. The molecule has 2 N–H and O–H groups in total. The number of hydrogen-bond donors (Lipinski definition) is 2. The van der Waals surface area contributed by atoms with E-state index in [2.05, 4.69) is 35.4 Å². The van der Waals surface area contributed by atoms with Crippen LogP contribution in [0.15, 0.2) is 40.0 Å². The monoisotopic (exact) mass is 556 g/mol. The van der Waals surface area contributed by atoms with Crippen molar-refractivity contribution in [2.45, 2.75) is 24.5 Å². The molecule has 5 heterocycles. The Hall–Kier alpha value is -2.09. The van der Waals surface area contributed by atoms with E-state index in [-0.39, 0.29) is 28.3 Å². The van der Waals surface area contributed by atoms with Crippen LogP contribution in [0.5, 0.6) is 0 Å². The van der Waals surface area contributed by atoms with Crippen LogP contribution < -0.4 is 10.5 Å². The molecule has 6 rings (SSSR count). The summed E-state index contributed by atoms with van der Waals surface area (Å²) in [5.74, 6) is 0.236. The van der Waals surface area contributed by atoms with Crippen molar-refractivity contribution in [3.8, 4) is 11.3 Å². The number of H-pyrrole nitrogens is 1. The number of fused-ring (bicyclic) bond motifs is 3. The minimum atomic E-state index is -4.54. The number of aliphatic hydroxyl groups excluding tert-OH is 1. The lowest BCUT2D eigenvalue weighted by atomic mass is 10.1. The predicted octanol–water partition coefficient (Wildman–Crippen LogP) is 1.60. The smallest absolute Gasteiger partial charge is 0.287 e. The SMILES string of the molecule is O=c1c2nc(Br)n([C@@H]3OC4COP(=O)([O-])O[C@H]4C3O)c2nc2[nH]c(-c3ccc(Cl)cc3)cn12. The van der Waals surface area contributed by atoms with Gasteiger partial charge in [-0.1, -0.05) is 23.7 Å². The normalized spacial score (nSPS) is 29.7. The number of rotatable bonds is 2. The lowest BCUT2D eigenvalue weighted by Gasteiger charge is -2.34. The molecule has 5 atom stereocenters. The van der Waals surface area contributed by atoms with Crippen molar-refractivity contribution >= 4 is 52.3 Å². The minimum Gasteiger partial charge on any atom is -0.756 e. The topological polar surface area (TPSA) is 156 Å². The summed E-state index contributed by atoms with van der Waals surface area (Å²) in [6.45, 7) is -0.301. The first kappa shape index (κ1) is 21.4. The van der Waals surface area contributed by atoms with Crippen LogP contribution in [0.3, 0.4) is 0 Å². The summed E-state index contributed by atoms with van der Waals surface area (Å²) < 4.78 is 29.9. The third-order valence-electron chi connectivity index (χ3n) is 5.58. The van der Waals surface area contributed by atoms with Crippen LogP contribution in [0.2, 0.25) is 5.02 Å². The van der Waals surface area contributed by atoms with Crippen molar-refractivity contribution in [1.82, 2.24) is 23.9 Å². The Morgan fingerprint density at radius 1 is 1.30 bits per heavy atom. The highest BCUT2D eigenvalue weighted by Gasteiger charge is 2.51. The summed E-state index contributed by atoms with van der Waals surface area (Å²) in [5, 5.41) is 11.3. The minimum absolute atomic E-state index is 0.0263. The fraction of sp³-hybridized carbons (Fsp3) is 0.278. The van der Waals surface area contributed by atoms with Crippen molar-refractivity contribution in [2.75, 3.05) is 6.61 Å². The van der Waals surface area contributed by atoms with Crippen LogP contribution in [-0.2, 0) is 18.3 Å². The van der Waals surface area contributed by atoms with Gasteiger partial charge in [-0.15, -0.1) is 0 Å². The van der Waals surface area contributed by atoms with E-state index in [1.807, 2.05) is 0 Å². The van der Waals surface area contributed by atoms with Crippen LogP contribution in [0.1, 0.15) is 6.23 Å². The number of phosphoric ester groups is 1. The Balaban J connectivity index is 1.47. The van der Waals surface area contributed by atoms with Crippen molar-refractivity contribution in [3.05, 3.63) is 50.6 Å². The maximum atomic E-state index is 13.1. The Labute approximate surface area is 197 Å². The van der Waals surface area contributed by atoms with Gasteiger partial charge < -0.3 is 28.8 Å². The molecular weight excluding hydrogens is 545 g/mol. The molecule has 3 unspecified atom stereocenters. The Morgan fingerprint density at radius 3 is 2.82 bits per heavy atom. The molecule has 2 fully saturated rings. The molecule has 2 aliphatic heterocycles. The van der Waals surface area contributed by atoms with Crippen molar-refractivity contribution in [2.24, 2.45) is 0 Å². The summed E-state index contributed by atoms with van der Waals surface area (Å²) in [4.78, 5) is 36.7. The highest BCUT2D eigenvalue weighted by atomic mass is 79.9. The predicted molar refractivity (Wildman–Crippen MR) is 116 cm³/mol. The van der Waals surface area contributed by atoms with Gasteiger partial charge in [0.15, 0.2) is 22.1 Å². The second kappa shape index (κ2) is 7.45. The summed E-state index contributed by atoms with van der Waals surface area (Å²) in [6.07, 6.45) is -2.91. The fourth-order valence-corrected chi connectivity index (χ4v) is 5.67. The molecule has 3 aromatic heterocycles. The number of nitrogens with zero attached hydrogens (tertiary/aromatic N) is 4. The van der Waals surface area contributed by atoms with Crippen LogP contribution in [-0.4, -0.2) is 53.9 Å². The van der Waals surface area contributed by atoms with Gasteiger partial charge in [0.1, 0.15) is 18.3 Å². The van der Waals surface area contributed by atoms with Gasteiger partial charge in [0, 0.05) is 11.2 Å². The van der Waals surface area contributed by atoms with Gasteiger partial charge in [0.2, 0.25) is 5.78 Å². The molecule has 2 aliphatic rings. The number of aliphatic hydroxyl groups is 1. The van der Waals surface area contributed by atoms with Gasteiger partial charge in [0.05, 0.1) is 12.3 Å². The van der Waals surface area contributed by atoms with Crippen molar-refractivity contribution in [3.63, 3.8) is 0 Å². The number of benzene rings is 1. The van der Waals surface area contributed by atoms with Crippen LogP contribution in [0, 0.1) is 0 Å². The van der Waals surface area contributed by atoms with Gasteiger partial charge in [-0.3, -0.25) is 13.9 Å². The molecular formula is C18H13BrClN5O7P-. The third-order valence-corrected chi connectivity index (χ3v) is 7.35. The molecule has 0 radical (unpaired) electrons. The van der Waals surface area contributed by atoms with Gasteiger partial charge in [-0.2, -0.15) is 4.98 Å². The molecule has 12 nitrogen and oxygen atoms in total. The van der Waals surface area contributed by atoms with Crippen molar-refractivity contribution in [1.29, 1.82) is 0 Å². The molecule has 172 valence electrons. The van der Waals surface area contributed by atoms with Gasteiger partial charge in [-0.25, -0.2) is 9.38 Å². The van der Waals surface area contributed by atoms with E-state index in [1.54, 1.807) is 30.5 Å². The van der Waals surface area contributed by atoms with Crippen LogP contribution in [0.4, 0.5) is 0 Å². The maximum Gasteiger partial charge on any atom is 0.287 e. The Bertz CT molecular complexity index is 1520. The van der Waals surface area contributed by atoms with Crippen molar-refractivity contribution < 1.29 is 28.3 Å². The Kier molecular flexibility index (Phi) is 4.84.